The van der Waals surface area contributed by atoms with Crippen LogP contribution in [-0.4, -0.2) is 10.9 Å². The molecule has 0 bridgehead atoms. The van der Waals surface area contributed by atoms with Gasteiger partial charge in [-0.2, -0.15) is 0 Å². The van der Waals surface area contributed by atoms with Crippen LogP contribution in [0.3, 0.4) is 0 Å². The fourth-order valence-electron chi connectivity index (χ4n) is 2.16. The largest absolute Gasteiger partial charge is 0.469 e. The number of carbonyl (C=O) groups excluding carboxylic acids is 1. The number of rotatable bonds is 4. The maximum absolute atomic E-state index is 12.0. The minimum absolute atomic E-state index is 0.0544. The van der Waals surface area contributed by atoms with Crippen LogP contribution in [0.5, 0.6) is 0 Å². The van der Waals surface area contributed by atoms with E-state index in [1.807, 2.05) is 54.6 Å². The summed E-state index contributed by atoms with van der Waals surface area (Å²) in [4.78, 5) is 16.2. The normalized spacial score (nSPS) is 9.83. The summed E-state index contributed by atoms with van der Waals surface area (Å²) in [5, 5.41) is 2.88. The van der Waals surface area contributed by atoms with Crippen molar-refractivity contribution in [1.82, 2.24) is 4.98 Å². The minimum Gasteiger partial charge on any atom is -0.469 e. The highest BCUT2D eigenvalue weighted by molar-refractivity contribution is 5.90. The van der Waals surface area contributed by atoms with Gasteiger partial charge in [-0.1, -0.05) is 18.1 Å². The molecular weight excluding hydrogens is 300 g/mol. The molecule has 2 heterocycles. The molecule has 1 aromatic carbocycles. The van der Waals surface area contributed by atoms with Crippen molar-refractivity contribution < 1.29 is 9.21 Å². The van der Waals surface area contributed by atoms with Gasteiger partial charge in [-0.25, -0.2) is 4.98 Å². The number of furan rings is 1. The zero-order valence-electron chi connectivity index (χ0n) is 13.0. The number of anilines is 1. The summed E-state index contributed by atoms with van der Waals surface area (Å²) in [6.45, 7) is 0. The molecule has 0 fully saturated rings. The topological polar surface area (TPSA) is 55.1 Å². The third-order valence-corrected chi connectivity index (χ3v) is 3.32. The third kappa shape index (κ3) is 4.59. The predicted octanol–water partition coefficient (Wildman–Crippen LogP) is 3.65. The van der Waals surface area contributed by atoms with Crippen molar-refractivity contribution in [2.45, 2.75) is 12.8 Å². The molecule has 0 spiro atoms. The molecular formula is C20H16N2O2. The number of carbonyl (C=O) groups is 1. The van der Waals surface area contributed by atoms with Crippen molar-refractivity contribution in [2.24, 2.45) is 0 Å². The summed E-state index contributed by atoms with van der Waals surface area (Å²) < 4.78 is 5.22. The zero-order valence-corrected chi connectivity index (χ0v) is 13.0. The maximum Gasteiger partial charge on any atom is 0.224 e. The highest BCUT2D eigenvalue weighted by Gasteiger charge is 2.05. The standard InChI is InChI=1S/C20H16N2O2/c23-20(12-11-19-8-4-14-24-19)22-18-7-3-5-16(15-18)9-10-17-6-1-2-13-21-17/h1-8,13-15H,11-12H2,(H,22,23). The van der Waals surface area contributed by atoms with Crippen LogP contribution in [0.1, 0.15) is 23.4 Å². The number of pyridine rings is 1. The minimum atomic E-state index is -0.0544. The van der Waals surface area contributed by atoms with Crippen molar-refractivity contribution in [2.75, 3.05) is 5.32 Å². The first-order valence-corrected chi connectivity index (χ1v) is 7.65. The van der Waals surface area contributed by atoms with Crippen molar-refractivity contribution >= 4 is 11.6 Å². The van der Waals surface area contributed by atoms with Gasteiger partial charge < -0.3 is 9.73 Å². The van der Waals surface area contributed by atoms with Crippen molar-refractivity contribution in [3.05, 3.63) is 84.1 Å². The lowest BCUT2D eigenvalue weighted by Crippen LogP contribution is -2.12. The van der Waals surface area contributed by atoms with Crippen molar-refractivity contribution in [1.29, 1.82) is 0 Å². The van der Waals surface area contributed by atoms with Crippen LogP contribution < -0.4 is 5.32 Å². The Kier molecular flexibility index (Phi) is 5.06. The first-order valence-electron chi connectivity index (χ1n) is 7.65. The summed E-state index contributed by atoms with van der Waals surface area (Å²) in [6, 6.07) is 16.7. The molecule has 2 aromatic heterocycles. The smallest absolute Gasteiger partial charge is 0.224 e. The Bertz CT molecular complexity index is 859. The Balaban J connectivity index is 1.61. The number of aromatic nitrogens is 1. The molecule has 1 amide bonds. The molecule has 1 N–H and O–H groups in total. The lowest BCUT2D eigenvalue weighted by molar-refractivity contribution is -0.116. The SMILES string of the molecule is O=C(CCc1ccco1)Nc1cccc(C#Cc2ccccn2)c1. The summed E-state index contributed by atoms with van der Waals surface area (Å²) in [6.07, 6.45) is 4.27. The van der Waals surface area contributed by atoms with E-state index in [9.17, 15) is 4.79 Å². The monoisotopic (exact) mass is 316 g/mol. The second-order valence-corrected chi connectivity index (χ2v) is 5.17. The molecule has 0 aliphatic heterocycles. The fraction of sp³-hybridized carbons (Fsp3) is 0.100. The van der Waals surface area contributed by atoms with Crippen LogP contribution in [-0.2, 0) is 11.2 Å². The Morgan fingerprint density at radius 1 is 1.08 bits per heavy atom. The number of hydrogen-bond acceptors (Lipinski definition) is 3. The third-order valence-electron chi connectivity index (χ3n) is 3.32. The Morgan fingerprint density at radius 2 is 2.04 bits per heavy atom. The number of amides is 1. The van der Waals surface area contributed by atoms with E-state index < -0.39 is 0 Å². The molecule has 3 aromatic rings. The van der Waals surface area contributed by atoms with E-state index in [0.717, 1.165) is 17.0 Å². The second kappa shape index (κ2) is 7.80. The van der Waals surface area contributed by atoms with Crippen molar-refractivity contribution in [3.63, 3.8) is 0 Å². The van der Waals surface area contributed by atoms with Gasteiger partial charge in [0.05, 0.1) is 6.26 Å². The summed E-state index contributed by atoms with van der Waals surface area (Å²) >= 11 is 0. The van der Waals surface area contributed by atoms with Crippen LogP contribution in [0, 0.1) is 11.8 Å². The molecule has 0 atom stereocenters. The lowest BCUT2D eigenvalue weighted by atomic mass is 10.2. The number of hydrogen-bond donors (Lipinski definition) is 1. The van der Waals surface area contributed by atoms with Gasteiger partial charge in [0.2, 0.25) is 5.91 Å². The Morgan fingerprint density at radius 3 is 2.83 bits per heavy atom. The second-order valence-electron chi connectivity index (χ2n) is 5.17. The van der Waals surface area contributed by atoms with Gasteiger partial charge in [0.25, 0.3) is 0 Å². The van der Waals surface area contributed by atoms with Gasteiger partial charge in [0.15, 0.2) is 0 Å². The molecule has 0 saturated heterocycles. The molecule has 0 aliphatic carbocycles. The molecule has 118 valence electrons. The van der Waals surface area contributed by atoms with Crippen LogP contribution in [0.25, 0.3) is 0 Å². The van der Waals surface area contributed by atoms with E-state index in [0.29, 0.717) is 18.5 Å². The van der Waals surface area contributed by atoms with Gasteiger partial charge in [-0.3, -0.25) is 4.79 Å². The zero-order chi connectivity index (χ0) is 16.6. The summed E-state index contributed by atoms with van der Waals surface area (Å²) in [7, 11) is 0. The van der Waals surface area contributed by atoms with E-state index in [2.05, 4.69) is 22.1 Å². The Hall–Kier alpha value is -3.32. The molecule has 0 unspecified atom stereocenters. The molecule has 0 radical (unpaired) electrons. The van der Waals surface area contributed by atoms with Gasteiger partial charge in [0.1, 0.15) is 11.5 Å². The first kappa shape index (κ1) is 15.6. The number of nitrogens with one attached hydrogen (secondary N) is 1. The van der Waals surface area contributed by atoms with Crippen LogP contribution >= 0.6 is 0 Å². The first-order chi connectivity index (χ1) is 11.8. The molecule has 4 heteroatoms. The molecule has 0 saturated carbocycles. The van der Waals surface area contributed by atoms with E-state index in [1.165, 1.54) is 0 Å². The van der Waals surface area contributed by atoms with E-state index in [1.54, 1.807) is 12.5 Å². The van der Waals surface area contributed by atoms with Crippen LogP contribution in [0.4, 0.5) is 5.69 Å². The van der Waals surface area contributed by atoms with E-state index in [4.69, 9.17) is 4.42 Å². The van der Waals surface area contributed by atoms with Crippen molar-refractivity contribution in [3.8, 4) is 11.8 Å². The molecule has 3 rings (SSSR count). The number of benzene rings is 1. The average molecular weight is 316 g/mol. The van der Waals surface area contributed by atoms with Gasteiger partial charge in [0, 0.05) is 30.3 Å². The van der Waals surface area contributed by atoms with E-state index >= 15 is 0 Å². The maximum atomic E-state index is 12.0. The molecule has 24 heavy (non-hydrogen) atoms. The summed E-state index contributed by atoms with van der Waals surface area (Å²) in [5.41, 5.74) is 2.27. The van der Waals surface area contributed by atoms with Gasteiger partial charge in [-0.05, 0) is 48.4 Å². The molecule has 0 aliphatic rings. The lowest BCUT2D eigenvalue weighted by Gasteiger charge is -2.04. The number of aryl methyl sites for hydroxylation is 1. The molecule has 4 nitrogen and oxygen atoms in total. The average Bonchev–Trinajstić information content (AvgIpc) is 3.13. The van der Waals surface area contributed by atoms with Crippen LogP contribution in [0.2, 0.25) is 0 Å². The van der Waals surface area contributed by atoms with Gasteiger partial charge in [-0.15, -0.1) is 0 Å². The Labute approximate surface area is 140 Å². The van der Waals surface area contributed by atoms with E-state index in [-0.39, 0.29) is 5.91 Å². The predicted molar refractivity (Wildman–Crippen MR) is 92.3 cm³/mol. The van der Waals surface area contributed by atoms with Crippen LogP contribution in [0.15, 0.2) is 71.5 Å². The highest BCUT2D eigenvalue weighted by Crippen LogP contribution is 2.11. The summed E-state index contributed by atoms with van der Waals surface area (Å²) in [5.74, 6) is 6.80. The van der Waals surface area contributed by atoms with Gasteiger partial charge >= 0.3 is 0 Å². The highest BCUT2D eigenvalue weighted by atomic mass is 16.3. The fourth-order valence-corrected chi connectivity index (χ4v) is 2.16. The number of nitrogens with zero attached hydrogens (tertiary/aromatic N) is 1. The quantitative estimate of drug-likeness (QED) is 0.748.